The van der Waals surface area contributed by atoms with Crippen molar-refractivity contribution in [3.63, 3.8) is 0 Å². The molecule has 1 atom stereocenters. The molecule has 0 bridgehead atoms. The van der Waals surface area contributed by atoms with Crippen molar-refractivity contribution < 1.29 is 22.7 Å². The van der Waals surface area contributed by atoms with Crippen LogP contribution in [0, 0.1) is 0 Å². The predicted octanol–water partition coefficient (Wildman–Crippen LogP) is 0.649. The van der Waals surface area contributed by atoms with Crippen LogP contribution in [0.25, 0.3) is 0 Å². The van der Waals surface area contributed by atoms with Crippen LogP contribution < -0.4 is 15.4 Å². The molecular formula is C18H27N3O5S. The number of carbonyl (C=O) groups is 2. The fraction of sp³-hybridized carbons (Fsp3) is 0.556. The lowest BCUT2D eigenvalue weighted by Gasteiger charge is -2.26. The first-order chi connectivity index (χ1) is 12.7. The van der Waals surface area contributed by atoms with E-state index in [9.17, 15) is 18.0 Å². The molecule has 2 rings (SSSR count). The number of sulfone groups is 1. The van der Waals surface area contributed by atoms with Gasteiger partial charge in [-0.15, -0.1) is 0 Å². The van der Waals surface area contributed by atoms with Gasteiger partial charge in [-0.2, -0.15) is 0 Å². The van der Waals surface area contributed by atoms with Gasteiger partial charge in [0, 0.05) is 0 Å². The number of ether oxygens (including phenoxy) is 1. The molecule has 0 radical (unpaired) electrons. The second-order valence-corrected chi connectivity index (χ2v) is 9.19. The third-order valence-electron chi connectivity index (χ3n) is 4.51. The number of likely N-dealkylation sites (N-methyl/N-ethyl adjacent to an activating group) is 1. The Morgan fingerprint density at radius 2 is 1.89 bits per heavy atom. The van der Waals surface area contributed by atoms with Gasteiger partial charge >= 0.3 is 0 Å². The van der Waals surface area contributed by atoms with Gasteiger partial charge in [-0.05, 0) is 32.0 Å². The molecule has 1 fully saturated rings. The van der Waals surface area contributed by atoms with Gasteiger partial charge in [-0.3, -0.25) is 14.5 Å². The zero-order valence-electron chi connectivity index (χ0n) is 15.9. The Hall–Kier alpha value is -2.13. The van der Waals surface area contributed by atoms with E-state index in [1.54, 1.807) is 36.1 Å². The number of carbonyl (C=O) groups excluding carboxylic acids is 2. The number of nitrogens with one attached hydrogen (secondary N) is 2. The second-order valence-electron chi connectivity index (χ2n) is 7.00. The summed E-state index contributed by atoms with van der Waals surface area (Å²) in [7, 11) is -1.57. The maximum Gasteiger partial charge on any atom is 0.238 e. The molecule has 1 aromatic carbocycles. The molecule has 2 N–H and O–H groups in total. The van der Waals surface area contributed by atoms with E-state index < -0.39 is 15.4 Å². The number of rotatable bonds is 8. The van der Waals surface area contributed by atoms with Crippen LogP contribution in [0.1, 0.15) is 20.3 Å². The van der Waals surface area contributed by atoms with E-state index in [-0.39, 0.29) is 36.4 Å². The van der Waals surface area contributed by atoms with E-state index >= 15 is 0 Å². The van der Waals surface area contributed by atoms with Crippen LogP contribution in [-0.2, 0) is 19.4 Å². The fourth-order valence-corrected chi connectivity index (χ4v) is 5.20. The lowest BCUT2D eigenvalue weighted by molar-refractivity contribution is -0.124. The number of amides is 2. The van der Waals surface area contributed by atoms with Gasteiger partial charge in [0.05, 0.1) is 42.9 Å². The maximum atomic E-state index is 12.3. The Balaban J connectivity index is 1.89. The molecule has 27 heavy (non-hydrogen) atoms. The highest BCUT2D eigenvalue weighted by Crippen LogP contribution is 2.23. The van der Waals surface area contributed by atoms with Crippen LogP contribution in [0.3, 0.4) is 0 Å². The van der Waals surface area contributed by atoms with E-state index in [0.29, 0.717) is 24.4 Å². The summed E-state index contributed by atoms with van der Waals surface area (Å²) in [4.78, 5) is 26.3. The summed E-state index contributed by atoms with van der Waals surface area (Å²) in [6.45, 7) is 4.15. The molecule has 0 aliphatic carbocycles. The summed E-state index contributed by atoms with van der Waals surface area (Å²) in [6.07, 6.45) is 0.404. The third kappa shape index (κ3) is 6.21. The van der Waals surface area contributed by atoms with Gasteiger partial charge in [0.1, 0.15) is 5.75 Å². The zero-order valence-corrected chi connectivity index (χ0v) is 16.8. The normalized spacial score (nSPS) is 21.0. The van der Waals surface area contributed by atoms with E-state index in [1.807, 2.05) is 6.92 Å². The third-order valence-corrected chi connectivity index (χ3v) is 6.41. The molecule has 0 spiro atoms. The molecule has 1 heterocycles. The number of nitrogens with zero attached hydrogens (tertiary/aromatic N) is 1. The average molecular weight is 397 g/mol. The Bertz CT molecular complexity index is 796. The summed E-state index contributed by atoms with van der Waals surface area (Å²) < 4.78 is 28.5. The van der Waals surface area contributed by atoms with E-state index in [0.717, 1.165) is 0 Å². The summed E-state index contributed by atoms with van der Waals surface area (Å²) in [6, 6.07) is 7.08. The van der Waals surface area contributed by atoms with Crippen molar-refractivity contribution >= 4 is 27.3 Å². The minimum absolute atomic E-state index is 0.0193. The SMILES string of the molecule is CCN(CC(=O)Nc1ccccc1OC)CC(=O)N[C@]1(C)CCS(=O)(=O)C1. The van der Waals surface area contributed by atoms with Crippen LogP contribution in [0.5, 0.6) is 5.75 Å². The Kier molecular flexibility index (Phi) is 6.83. The first-order valence-corrected chi connectivity index (χ1v) is 10.7. The standard InChI is InChI=1S/C18H27N3O5S/c1-4-21(11-16(22)19-14-7-5-6-8-15(14)26-3)12-17(23)20-18(2)9-10-27(24,25)13-18/h5-8H,4,9-13H2,1-3H3,(H,19,22)(H,20,23)/t18-/m1/s1. The van der Waals surface area contributed by atoms with E-state index in [4.69, 9.17) is 4.74 Å². The Morgan fingerprint density at radius 3 is 2.48 bits per heavy atom. The smallest absolute Gasteiger partial charge is 0.238 e. The summed E-state index contributed by atoms with van der Waals surface area (Å²) in [5.41, 5.74) is -0.177. The van der Waals surface area contributed by atoms with Crippen LogP contribution in [-0.4, -0.2) is 68.9 Å². The fourth-order valence-electron chi connectivity index (χ4n) is 3.11. The molecule has 150 valence electrons. The van der Waals surface area contributed by atoms with Crippen LogP contribution in [0.4, 0.5) is 5.69 Å². The number of hydrogen-bond donors (Lipinski definition) is 2. The molecule has 2 amide bonds. The Labute approximate surface area is 160 Å². The molecule has 1 saturated heterocycles. The highest BCUT2D eigenvalue weighted by molar-refractivity contribution is 7.91. The van der Waals surface area contributed by atoms with Crippen molar-refractivity contribution in [2.75, 3.05) is 43.6 Å². The minimum Gasteiger partial charge on any atom is -0.495 e. The molecule has 1 aliphatic heterocycles. The molecule has 9 heteroatoms. The largest absolute Gasteiger partial charge is 0.495 e. The lowest BCUT2D eigenvalue weighted by atomic mass is 10.0. The quantitative estimate of drug-likeness (QED) is 0.667. The topological polar surface area (TPSA) is 105 Å². The summed E-state index contributed by atoms with van der Waals surface area (Å²) >= 11 is 0. The van der Waals surface area contributed by atoms with Gasteiger partial charge in [0.2, 0.25) is 11.8 Å². The van der Waals surface area contributed by atoms with Crippen LogP contribution in [0.15, 0.2) is 24.3 Å². The van der Waals surface area contributed by atoms with E-state index in [1.165, 1.54) is 7.11 Å². The highest BCUT2D eigenvalue weighted by Gasteiger charge is 2.39. The summed E-state index contributed by atoms with van der Waals surface area (Å²) in [5, 5.41) is 5.58. The van der Waals surface area contributed by atoms with Gasteiger partial charge < -0.3 is 15.4 Å². The van der Waals surface area contributed by atoms with Gasteiger partial charge in [0.15, 0.2) is 9.84 Å². The van der Waals surface area contributed by atoms with Crippen molar-refractivity contribution in [1.29, 1.82) is 0 Å². The minimum atomic E-state index is -3.10. The molecule has 0 aromatic heterocycles. The molecule has 1 aromatic rings. The molecule has 0 unspecified atom stereocenters. The monoisotopic (exact) mass is 397 g/mol. The number of para-hydroxylation sites is 2. The first kappa shape index (κ1) is 21.2. The van der Waals surface area contributed by atoms with Gasteiger partial charge in [-0.25, -0.2) is 8.42 Å². The molecule has 8 nitrogen and oxygen atoms in total. The molecular weight excluding hydrogens is 370 g/mol. The first-order valence-electron chi connectivity index (χ1n) is 8.83. The average Bonchev–Trinajstić information content (AvgIpc) is 2.87. The Morgan fingerprint density at radius 1 is 1.22 bits per heavy atom. The van der Waals surface area contributed by atoms with Crippen molar-refractivity contribution in [2.24, 2.45) is 0 Å². The second kappa shape index (κ2) is 8.71. The molecule has 0 saturated carbocycles. The van der Waals surface area contributed by atoms with Crippen molar-refractivity contribution in [3.05, 3.63) is 24.3 Å². The summed E-state index contributed by atoms with van der Waals surface area (Å²) in [5.74, 6) is 0.0433. The number of anilines is 1. The lowest BCUT2D eigenvalue weighted by Crippen LogP contribution is -2.51. The van der Waals surface area contributed by atoms with Crippen molar-refractivity contribution in [1.82, 2.24) is 10.2 Å². The molecule has 1 aliphatic rings. The van der Waals surface area contributed by atoms with Crippen molar-refractivity contribution in [2.45, 2.75) is 25.8 Å². The van der Waals surface area contributed by atoms with Crippen molar-refractivity contribution in [3.8, 4) is 5.75 Å². The van der Waals surface area contributed by atoms with Gasteiger partial charge in [-0.1, -0.05) is 19.1 Å². The van der Waals surface area contributed by atoms with Crippen LogP contribution in [0.2, 0.25) is 0 Å². The maximum absolute atomic E-state index is 12.3. The number of hydrogen-bond acceptors (Lipinski definition) is 6. The highest BCUT2D eigenvalue weighted by atomic mass is 32.2. The van der Waals surface area contributed by atoms with E-state index in [2.05, 4.69) is 10.6 Å². The number of benzene rings is 1. The van der Waals surface area contributed by atoms with Crippen LogP contribution >= 0.6 is 0 Å². The number of methoxy groups -OCH3 is 1. The predicted molar refractivity (Wildman–Crippen MR) is 104 cm³/mol. The zero-order chi connectivity index (χ0) is 20.1. The van der Waals surface area contributed by atoms with Gasteiger partial charge in [0.25, 0.3) is 0 Å².